The Morgan fingerprint density at radius 3 is 2.47 bits per heavy atom. The van der Waals surface area contributed by atoms with Gasteiger partial charge in [-0.3, -0.25) is 0 Å². The highest BCUT2D eigenvalue weighted by Crippen LogP contribution is 2.13. The highest BCUT2D eigenvalue weighted by atomic mass is 35.5. The summed E-state index contributed by atoms with van der Waals surface area (Å²) in [7, 11) is 0. The second-order valence-electron chi connectivity index (χ2n) is 3.43. The van der Waals surface area contributed by atoms with Crippen LogP contribution in [0, 0.1) is 0 Å². The molecule has 1 rings (SSSR count). The molecule has 1 aromatic carbocycles. The Balaban J connectivity index is 2.35. The average molecular weight is 228 g/mol. The molecule has 3 heteroatoms. The third kappa shape index (κ3) is 5.05. The van der Waals surface area contributed by atoms with Crippen LogP contribution in [-0.2, 0) is 6.42 Å². The molecule has 0 saturated carbocycles. The molecule has 0 aliphatic carbocycles. The van der Waals surface area contributed by atoms with Crippen molar-refractivity contribution >= 4 is 11.6 Å². The molecule has 0 aliphatic heterocycles. The summed E-state index contributed by atoms with van der Waals surface area (Å²) in [4.78, 5) is 0. The molecule has 0 aliphatic rings. The fourth-order valence-electron chi connectivity index (χ4n) is 1.30. The van der Waals surface area contributed by atoms with Crippen LogP contribution in [0.2, 0.25) is 0 Å². The molecule has 2 nitrogen and oxygen atoms in total. The number of hydrogen-bond acceptors (Lipinski definition) is 2. The Labute approximate surface area is 96.4 Å². The molecule has 0 fully saturated rings. The highest BCUT2D eigenvalue weighted by Gasteiger charge is 1.95. The van der Waals surface area contributed by atoms with Crippen LogP contribution in [0.1, 0.15) is 18.4 Å². The summed E-state index contributed by atoms with van der Waals surface area (Å²) in [5.41, 5.74) is 6.76. The lowest BCUT2D eigenvalue weighted by Gasteiger charge is -2.05. The van der Waals surface area contributed by atoms with E-state index in [1.165, 1.54) is 5.56 Å². The van der Waals surface area contributed by atoms with Crippen LogP contribution in [0.4, 0.5) is 0 Å². The molecule has 0 amide bonds. The van der Waals surface area contributed by atoms with Crippen molar-refractivity contribution in [1.82, 2.24) is 0 Å². The van der Waals surface area contributed by atoms with E-state index < -0.39 is 0 Å². The predicted octanol–water partition coefficient (Wildman–Crippen LogP) is 2.59. The minimum atomic E-state index is 0.647. The molecule has 0 radical (unpaired) electrons. The maximum atomic E-state index is 5.56. The van der Waals surface area contributed by atoms with Crippen LogP contribution >= 0.6 is 11.6 Å². The van der Waals surface area contributed by atoms with E-state index >= 15 is 0 Å². The fraction of sp³-hybridized carbons (Fsp3) is 0.500. The van der Waals surface area contributed by atoms with Gasteiger partial charge in [0.25, 0.3) is 0 Å². The number of ether oxygens (including phenoxy) is 1. The Kier molecular flexibility index (Phi) is 6.21. The van der Waals surface area contributed by atoms with Crippen LogP contribution in [-0.4, -0.2) is 19.0 Å². The van der Waals surface area contributed by atoms with Gasteiger partial charge in [0.1, 0.15) is 5.75 Å². The van der Waals surface area contributed by atoms with Crippen LogP contribution in [0.5, 0.6) is 5.75 Å². The summed E-state index contributed by atoms with van der Waals surface area (Å²) in [6.07, 6.45) is 2.96. The zero-order valence-corrected chi connectivity index (χ0v) is 9.67. The predicted molar refractivity (Wildman–Crippen MR) is 64.6 cm³/mol. The molecule has 0 spiro atoms. The molecule has 84 valence electrons. The van der Waals surface area contributed by atoms with Gasteiger partial charge in [-0.1, -0.05) is 12.1 Å². The summed E-state index contributed by atoms with van der Waals surface area (Å²) < 4.78 is 5.50. The second-order valence-corrected chi connectivity index (χ2v) is 3.81. The van der Waals surface area contributed by atoms with E-state index in [4.69, 9.17) is 22.1 Å². The molecule has 0 unspecified atom stereocenters. The minimum Gasteiger partial charge on any atom is -0.494 e. The van der Waals surface area contributed by atoms with Gasteiger partial charge in [-0.2, -0.15) is 0 Å². The van der Waals surface area contributed by atoms with Crippen molar-refractivity contribution in [2.75, 3.05) is 19.0 Å². The van der Waals surface area contributed by atoms with E-state index in [0.717, 1.165) is 31.6 Å². The first-order valence-corrected chi connectivity index (χ1v) is 5.88. The van der Waals surface area contributed by atoms with Gasteiger partial charge >= 0.3 is 0 Å². The van der Waals surface area contributed by atoms with Gasteiger partial charge in [0.15, 0.2) is 0 Å². The highest BCUT2D eigenvalue weighted by molar-refractivity contribution is 6.17. The zero-order chi connectivity index (χ0) is 10.9. The summed E-state index contributed by atoms with van der Waals surface area (Å²) in [5, 5.41) is 0. The van der Waals surface area contributed by atoms with Crippen LogP contribution in [0.15, 0.2) is 24.3 Å². The van der Waals surface area contributed by atoms with Crippen molar-refractivity contribution < 1.29 is 4.74 Å². The Bertz CT molecular complexity index is 261. The summed E-state index contributed by atoms with van der Waals surface area (Å²) in [6, 6.07) is 8.18. The van der Waals surface area contributed by atoms with Gasteiger partial charge in [-0.25, -0.2) is 0 Å². The zero-order valence-electron chi connectivity index (χ0n) is 8.92. The molecule has 0 atom stereocenters. The molecule has 0 aromatic heterocycles. The lowest BCUT2D eigenvalue weighted by Crippen LogP contribution is -2.00. The monoisotopic (exact) mass is 227 g/mol. The van der Waals surface area contributed by atoms with Crippen LogP contribution in [0.3, 0.4) is 0 Å². The number of alkyl halides is 1. The van der Waals surface area contributed by atoms with Gasteiger partial charge in [0.2, 0.25) is 0 Å². The summed E-state index contributed by atoms with van der Waals surface area (Å²) in [5.74, 6) is 1.56. The molecule has 0 bridgehead atoms. The minimum absolute atomic E-state index is 0.647. The van der Waals surface area contributed by atoms with Gasteiger partial charge in [0, 0.05) is 5.88 Å². The lowest BCUT2D eigenvalue weighted by molar-refractivity contribution is 0.318. The van der Waals surface area contributed by atoms with Crippen molar-refractivity contribution in [1.29, 1.82) is 0 Å². The van der Waals surface area contributed by atoms with E-state index in [1.54, 1.807) is 0 Å². The standard InChI is InChI=1S/C12H18ClNO/c13-8-2-10-15-12-6-4-11(5-7-12)3-1-9-14/h4-7H,1-3,8-10,14H2. The lowest BCUT2D eigenvalue weighted by atomic mass is 10.1. The maximum Gasteiger partial charge on any atom is 0.119 e. The molecule has 0 heterocycles. The molecular formula is C12H18ClNO. The smallest absolute Gasteiger partial charge is 0.119 e. The number of halogens is 1. The topological polar surface area (TPSA) is 35.2 Å². The van der Waals surface area contributed by atoms with E-state index in [1.807, 2.05) is 12.1 Å². The van der Waals surface area contributed by atoms with E-state index in [0.29, 0.717) is 12.5 Å². The number of hydrogen-bond donors (Lipinski definition) is 1. The average Bonchev–Trinajstić information content (AvgIpc) is 2.28. The van der Waals surface area contributed by atoms with Crippen molar-refractivity contribution in [3.63, 3.8) is 0 Å². The maximum absolute atomic E-state index is 5.56. The van der Waals surface area contributed by atoms with Gasteiger partial charge in [0.05, 0.1) is 6.61 Å². The van der Waals surface area contributed by atoms with Crippen LogP contribution < -0.4 is 10.5 Å². The van der Waals surface area contributed by atoms with Crippen molar-refractivity contribution in [2.45, 2.75) is 19.3 Å². The number of benzene rings is 1. The van der Waals surface area contributed by atoms with Crippen molar-refractivity contribution in [2.24, 2.45) is 5.73 Å². The molecular weight excluding hydrogens is 210 g/mol. The number of nitrogens with two attached hydrogens (primary N) is 1. The van der Waals surface area contributed by atoms with E-state index in [9.17, 15) is 0 Å². The quantitative estimate of drug-likeness (QED) is 0.574. The molecule has 0 saturated heterocycles. The number of aryl methyl sites for hydroxylation is 1. The largest absolute Gasteiger partial charge is 0.494 e. The third-order valence-electron chi connectivity index (χ3n) is 2.14. The summed E-state index contributed by atoms with van der Waals surface area (Å²) in [6.45, 7) is 1.43. The van der Waals surface area contributed by atoms with Crippen molar-refractivity contribution in [3.8, 4) is 5.75 Å². The summed E-state index contributed by atoms with van der Waals surface area (Å²) >= 11 is 5.56. The van der Waals surface area contributed by atoms with Gasteiger partial charge < -0.3 is 10.5 Å². The SMILES string of the molecule is NCCCc1ccc(OCCCCl)cc1. The fourth-order valence-corrected chi connectivity index (χ4v) is 1.41. The Hall–Kier alpha value is -0.730. The van der Waals surface area contributed by atoms with Crippen LogP contribution in [0.25, 0.3) is 0 Å². The first kappa shape index (κ1) is 12.3. The Morgan fingerprint density at radius 2 is 1.87 bits per heavy atom. The Morgan fingerprint density at radius 1 is 1.13 bits per heavy atom. The molecule has 2 N–H and O–H groups in total. The van der Waals surface area contributed by atoms with Gasteiger partial charge in [-0.05, 0) is 43.5 Å². The van der Waals surface area contributed by atoms with Gasteiger partial charge in [-0.15, -0.1) is 11.6 Å². The number of rotatable bonds is 7. The first-order chi connectivity index (χ1) is 7.36. The third-order valence-corrected chi connectivity index (χ3v) is 2.41. The normalized spacial score (nSPS) is 10.3. The van der Waals surface area contributed by atoms with E-state index in [-0.39, 0.29) is 0 Å². The molecule has 15 heavy (non-hydrogen) atoms. The first-order valence-electron chi connectivity index (χ1n) is 5.34. The second kappa shape index (κ2) is 7.55. The van der Waals surface area contributed by atoms with E-state index in [2.05, 4.69) is 12.1 Å². The molecule has 1 aromatic rings. The van der Waals surface area contributed by atoms with Crippen molar-refractivity contribution in [3.05, 3.63) is 29.8 Å².